The molecule has 3 atom stereocenters. The Hall–Kier alpha value is -1.85. The Morgan fingerprint density at radius 2 is 1.96 bits per heavy atom. The first-order chi connectivity index (χ1) is 12.0. The molecule has 1 N–H and O–H groups in total. The molecule has 2 aliphatic carbocycles. The lowest BCUT2D eigenvalue weighted by Crippen LogP contribution is -2.40. The van der Waals surface area contributed by atoms with Gasteiger partial charge in [0.25, 0.3) is 0 Å². The van der Waals surface area contributed by atoms with Crippen LogP contribution >= 0.6 is 0 Å². The Morgan fingerprint density at radius 3 is 2.52 bits per heavy atom. The van der Waals surface area contributed by atoms with Gasteiger partial charge in [-0.1, -0.05) is 6.42 Å². The number of carbonyl (C=O) groups is 2. The van der Waals surface area contributed by atoms with Gasteiger partial charge in [0, 0.05) is 19.5 Å². The second-order valence-electron chi connectivity index (χ2n) is 8.14. The summed E-state index contributed by atoms with van der Waals surface area (Å²) in [5.41, 5.74) is 0.981. The predicted octanol–water partition coefficient (Wildman–Crippen LogP) is 2.88. The molecule has 1 saturated heterocycles. The molecule has 0 aromatic carbocycles. The molecule has 2 bridgehead atoms. The molecule has 25 heavy (non-hydrogen) atoms. The van der Waals surface area contributed by atoms with Gasteiger partial charge in [0.15, 0.2) is 0 Å². The monoisotopic (exact) mass is 345 g/mol. The molecule has 0 spiro atoms. The van der Waals surface area contributed by atoms with Crippen molar-refractivity contribution in [3.05, 3.63) is 17.5 Å². The minimum atomic E-state index is -0.928. The second kappa shape index (κ2) is 6.46. The second-order valence-corrected chi connectivity index (χ2v) is 8.14. The lowest BCUT2D eigenvalue weighted by Gasteiger charge is -2.34. The van der Waals surface area contributed by atoms with E-state index in [-0.39, 0.29) is 11.6 Å². The van der Waals surface area contributed by atoms with Gasteiger partial charge in [-0.15, -0.1) is 0 Å². The van der Waals surface area contributed by atoms with Crippen LogP contribution in [-0.4, -0.2) is 44.8 Å². The molecule has 2 heterocycles. The zero-order chi connectivity index (χ0) is 17.6. The molecular formula is C19H27N3O3. The van der Waals surface area contributed by atoms with Crippen molar-refractivity contribution < 1.29 is 14.7 Å². The third-order valence-electron chi connectivity index (χ3n) is 6.76. The number of aromatic nitrogens is 2. The first kappa shape index (κ1) is 16.6. The average molecular weight is 345 g/mol. The zero-order valence-corrected chi connectivity index (χ0v) is 14.9. The van der Waals surface area contributed by atoms with Gasteiger partial charge in [0.05, 0.1) is 17.9 Å². The number of aromatic carboxylic acids is 1. The molecule has 3 unspecified atom stereocenters. The summed E-state index contributed by atoms with van der Waals surface area (Å²) in [7, 11) is 0. The van der Waals surface area contributed by atoms with Crippen molar-refractivity contribution in [2.24, 2.45) is 17.8 Å². The van der Waals surface area contributed by atoms with Gasteiger partial charge in [-0.3, -0.25) is 9.48 Å². The summed E-state index contributed by atoms with van der Waals surface area (Å²) < 4.78 is 1.83. The van der Waals surface area contributed by atoms with Crippen molar-refractivity contribution in [2.45, 2.75) is 57.9 Å². The number of hydrogen-bond acceptors (Lipinski definition) is 3. The summed E-state index contributed by atoms with van der Waals surface area (Å²) in [6.07, 6.45) is 9.19. The number of hydrogen-bond donors (Lipinski definition) is 1. The number of likely N-dealkylation sites (tertiary alicyclic amines) is 1. The fourth-order valence-corrected chi connectivity index (χ4v) is 5.34. The first-order valence-corrected chi connectivity index (χ1v) is 9.58. The van der Waals surface area contributed by atoms with E-state index >= 15 is 0 Å². The summed E-state index contributed by atoms with van der Waals surface area (Å²) in [5, 5.41) is 13.4. The van der Waals surface area contributed by atoms with Crippen LogP contribution in [0.1, 0.15) is 67.0 Å². The Kier molecular flexibility index (Phi) is 4.29. The molecule has 136 valence electrons. The van der Waals surface area contributed by atoms with Crippen LogP contribution in [-0.2, 0) is 4.79 Å². The SMILES string of the molecule is Cc1c(C(=O)O)cnn1C1CCN(C(=O)CC2CC3CCC2C3)CC1. The third kappa shape index (κ3) is 3.07. The minimum Gasteiger partial charge on any atom is -0.478 e. The smallest absolute Gasteiger partial charge is 0.339 e. The number of carbonyl (C=O) groups excluding carboxylic acids is 1. The van der Waals surface area contributed by atoms with Crippen molar-refractivity contribution in [1.82, 2.24) is 14.7 Å². The molecule has 1 aliphatic heterocycles. The normalized spacial score (nSPS) is 29.3. The number of carboxylic acids is 1. The topological polar surface area (TPSA) is 75.4 Å². The van der Waals surface area contributed by atoms with Gasteiger partial charge >= 0.3 is 5.97 Å². The summed E-state index contributed by atoms with van der Waals surface area (Å²) in [6.45, 7) is 3.32. The molecule has 3 fully saturated rings. The van der Waals surface area contributed by atoms with Crippen LogP contribution < -0.4 is 0 Å². The van der Waals surface area contributed by atoms with E-state index in [1.54, 1.807) is 0 Å². The Morgan fingerprint density at radius 1 is 1.20 bits per heavy atom. The standard InChI is InChI=1S/C19H27N3O3/c1-12-17(19(24)25)11-20-22(12)16-4-6-21(7-5-16)18(23)10-15-9-13-2-3-14(15)8-13/h11,13-16H,2-10H2,1H3,(H,24,25). The van der Waals surface area contributed by atoms with E-state index in [9.17, 15) is 9.59 Å². The number of fused-ring (bicyclic) bond motifs is 2. The Bertz CT molecular complexity index is 675. The van der Waals surface area contributed by atoms with Crippen molar-refractivity contribution in [2.75, 3.05) is 13.1 Å². The zero-order valence-electron chi connectivity index (χ0n) is 14.9. The highest BCUT2D eigenvalue weighted by molar-refractivity contribution is 5.88. The molecule has 3 aliphatic rings. The number of nitrogens with zero attached hydrogens (tertiary/aromatic N) is 3. The predicted molar refractivity (Wildman–Crippen MR) is 92.3 cm³/mol. The Balaban J connectivity index is 1.32. The first-order valence-electron chi connectivity index (χ1n) is 9.58. The highest BCUT2D eigenvalue weighted by atomic mass is 16.4. The van der Waals surface area contributed by atoms with Gasteiger partial charge in [0.1, 0.15) is 5.56 Å². The van der Waals surface area contributed by atoms with Crippen molar-refractivity contribution in [3.63, 3.8) is 0 Å². The van der Waals surface area contributed by atoms with Gasteiger partial charge in [-0.05, 0) is 56.8 Å². The molecular weight excluding hydrogens is 318 g/mol. The summed E-state index contributed by atoms with van der Waals surface area (Å²) in [5.74, 6) is 1.70. The van der Waals surface area contributed by atoms with Crippen molar-refractivity contribution in [1.29, 1.82) is 0 Å². The van der Waals surface area contributed by atoms with E-state index < -0.39 is 5.97 Å². The van der Waals surface area contributed by atoms with Crippen LogP contribution in [0.15, 0.2) is 6.20 Å². The fourth-order valence-electron chi connectivity index (χ4n) is 5.34. The highest BCUT2D eigenvalue weighted by Gasteiger charge is 2.40. The van der Waals surface area contributed by atoms with E-state index in [1.165, 1.54) is 31.9 Å². The van der Waals surface area contributed by atoms with Crippen LogP contribution in [0.2, 0.25) is 0 Å². The number of carboxylic acid groups (broad SMARTS) is 1. The van der Waals surface area contributed by atoms with Crippen LogP contribution in [0.25, 0.3) is 0 Å². The number of rotatable bonds is 4. The molecule has 0 radical (unpaired) electrons. The molecule has 1 aromatic heterocycles. The quantitative estimate of drug-likeness (QED) is 0.910. The van der Waals surface area contributed by atoms with Gasteiger partial charge in [0.2, 0.25) is 5.91 Å². The largest absolute Gasteiger partial charge is 0.478 e. The maximum absolute atomic E-state index is 12.7. The molecule has 4 rings (SSSR count). The average Bonchev–Trinajstić information content (AvgIpc) is 3.30. The van der Waals surface area contributed by atoms with E-state index in [2.05, 4.69) is 5.10 Å². The summed E-state index contributed by atoms with van der Waals surface area (Å²) >= 11 is 0. The van der Waals surface area contributed by atoms with Gasteiger partial charge < -0.3 is 10.0 Å². The van der Waals surface area contributed by atoms with E-state index in [0.29, 0.717) is 17.5 Å². The molecule has 2 saturated carbocycles. The maximum Gasteiger partial charge on any atom is 0.339 e. The maximum atomic E-state index is 12.7. The Labute approximate surface area is 148 Å². The molecule has 6 nitrogen and oxygen atoms in total. The summed E-state index contributed by atoms with van der Waals surface area (Å²) in [4.78, 5) is 25.8. The van der Waals surface area contributed by atoms with Crippen LogP contribution in [0.5, 0.6) is 0 Å². The highest BCUT2D eigenvalue weighted by Crippen LogP contribution is 2.49. The molecule has 6 heteroatoms. The van der Waals surface area contributed by atoms with Crippen molar-refractivity contribution >= 4 is 11.9 Å². The minimum absolute atomic E-state index is 0.194. The molecule has 1 aromatic rings. The van der Waals surface area contributed by atoms with Crippen LogP contribution in [0.3, 0.4) is 0 Å². The number of piperidine rings is 1. The van der Waals surface area contributed by atoms with Crippen LogP contribution in [0, 0.1) is 24.7 Å². The van der Waals surface area contributed by atoms with E-state index in [4.69, 9.17) is 5.11 Å². The molecule has 1 amide bonds. The summed E-state index contributed by atoms with van der Waals surface area (Å²) in [6, 6.07) is 0.194. The fraction of sp³-hybridized carbons (Fsp3) is 0.737. The third-order valence-corrected chi connectivity index (χ3v) is 6.76. The van der Waals surface area contributed by atoms with Gasteiger partial charge in [-0.25, -0.2) is 4.79 Å². The van der Waals surface area contributed by atoms with E-state index in [0.717, 1.165) is 44.2 Å². The van der Waals surface area contributed by atoms with Crippen LogP contribution in [0.4, 0.5) is 0 Å². The van der Waals surface area contributed by atoms with Crippen molar-refractivity contribution in [3.8, 4) is 0 Å². The lowest BCUT2D eigenvalue weighted by molar-refractivity contribution is -0.134. The van der Waals surface area contributed by atoms with E-state index in [1.807, 2.05) is 16.5 Å². The lowest BCUT2D eigenvalue weighted by atomic mass is 9.86. The van der Waals surface area contributed by atoms with Gasteiger partial charge in [-0.2, -0.15) is 5.10 Å². The number of amides is 1.